The van der Waals surface area contributed by atoms with E-state index in [1.54, 1.807) is 0 Å². The van der Waals surface area contributed by atoms with Gasteiger partial charge in [-0.15, -0.1) is 0 Å². The van der Waals surface area contributed by atoms with Gasteiger partial charge in [-0.3, -0.25) is 0 Å². The summed E-state index contributed by atoms with van der Waals surface area (Å²) in [5.74, 6) is 0.963. The molecule has 0 nitrogen and oxygen atoms in total. The van der Waals surface area contributed by atoms with Crippen LogP contribution < -0.4 is 0 Å². The standard InChI is InChI=1S/C11H20.C8H18/c1-4-11(10(2)3)8-6-5-7-9-11;1-4-6-8(3)7-5-2/h2,4-9H2,1,3H3;8H,4-7H2,1-3H3. The van der Waals surface area contributed by atoms with E-state index in [1.165, 1.54) is 69.8 Å². The van der Waals surface area contributed by atoms with Gasteiger partial charge in [0.2, 0.25) is 0 Å². The van der Waals surface area contributed by atoms with Crippen molar-refractivity contribution in [2.75, 3.05) is 0 Å². The molecule has 0 spiro atoms. The predicted molar refractivity (Wildman–Crippen MR) is 89.6 cm³/mol. The fourth-order valence-electron chi connectivity index (χ4n) is 3.44. The summed E-state index contributed by atoms with van der Waals surface area (Å²) < 4.78 is 0. The summed E-state index contributed by atoms with van der Waals surface area (Å²) in [5, 5.41) is 0. The van der Waals surface area contributed by atoms with Gasteiger partial charge in [0.05, 0.1) is 0 Å². The van der Waals surface area contributed by atoms with Gasteiger partial charge in [-0.2, -0.15) is 0 Å². The second-order valence-corrected chi connectivity index (χ2v) is 6.66. The summed E-state index contributed by atoms with van der Waals surface area (Å²) in [7, 11) is 0. The molecule has 1 aliphatic rings. The first kappa shape index (κ1) is 18.7. The molecule has 0 aromatic rings. The molecule has 114 valence electrons. The first-order valence-corrected chi connectivity index (χ1v) is 8.68. The molecule has 1 aliphatic carbocycles. The van der Waals surface area contributed by atoms with Crippen molar-refractivity contribution in [3.8, 4) is 0 Å². The van der Waals surface area contributed by atoms with Gasteiger partial charge < -0.3 is 0 Å². The Bertz CT molecular complexity index is 214. The van der Waals surface area contributed by atoms with Crippen LogP contribution in [0.2, 0.25) is 0 Å². The van der Waals surface area contributed by atoms with Crippen LogP contribution in [0.4, 0.5) is 0 Å². The van der Waals surface area contributed by atoms with Crippen LogP contribution in [0, 0.1) is 11.3 Å². The van der Waals surface area contributed by atoms with Crippen molar-refractivity contribution >= 4 is 0 Å². The molecule has 0 aromatic heterocycles. The zero-order chi connectivity index (χ0) is 14.7. The Labute approximate surface area is 123 Å². The van der Waals surface area contributed by atoms with E-state index in [0.29, 0.717) is 5.41 Å². The highest BCUT2D eigenvalue weighted by Crippen LogP contribution is 2.44. The van der Waals surface area contributed by atoms with E-state index < -0.39 is 0 Å². The third kappa shape index (κ3) is 7.18. The predicted octanol–water partition coefficient (Wildman–Crippen LogP) is 7.15. The number of rotatable bonds is 6. The van der Waals surface area contributed by atoms with Crippen molar-refractivity contribution in [3.05, 3.63) is 12.2 Å². The average Bonchev–Trinajstić information content (AvgIpc) is 2.40. The zero-order valence-electron chi connectivity index (χ0n) is 14.4. The molecule has 1 saturated carbocycles. The Morgan fingerprint density at radius 2 is 1.47 bits per heavy atom. The summed E-state index contributed by atoms with van der Waals surface area (Å²) >= 11 is 0. The highest BCUT2D eigenvalue weighted by molar-refractivity contribution is 5.08. The molecule has 0 heterocycles. The molecule has 0 radical (unpaired) electrons. The van der Waals surface area contributed by atoms with Crippen LogP contribution in [0.25, 0.3) is 0 Å². The minimum absolute atomic E-state index is 0.526. The molecule has 0 aliphatic heterocycles. The topological polar surface area (TPSA) is 0 Å². The van der Waals surface area contributed by atoms with Gasteiger partial charge in [0.1, 0.15) is 0 Å². The van der Waals surface area contributed by atoms with Gasteiger partial charge in [-0.05, 0) is 37.5 Å². The van der Waals surface area contributed by atoms with Crippen molar-refractivity contribution in [3.63, 3.8) is 0 Å². The number of hydrogen-bond donors (Lipinski definition) is 0. The zero-order valence-corrected chi connectivity index (χ0v) is 14.4. The smallest absolute Gasteiger partial charge is 0.00961 e. The second kappa shape index (κ2) is 10.5. The van der Waals surface area contributed by atoms with Crippen molar-refractivity contribution < 1.29 is 0 Å². The Morgan fingerprint density at radius 1 is 1.00 bits per heavy atom. The summed E-state index contributed by atoms with van der Waals surface area (Å²) in [6.07, 6.45) is 13.9. The van der Waals surface area contributed by atoms with Crippen LogP contribution in [0.5, 0.6) is 0 Å². The minimum Gasteiger partial charge on any atom is -0.0996 e. The maximum atomic E-state index is 4.12. The normalized spacial score (nSPS) is 17.8. The van der Waals surface area contributed by atoms with Gasteiger partial charge >= 0.3 is 0 Å². The molecular weight excluding hydrogens is 228 g/mol. The molecule has 0 atom stereocenters. The van der Waals surface area contributed by atoms with Gasteiger partial charge in [0.15, 0.2) is 0 Å². The van der Waals surface area contributed by atoms with Crippen LogP contribution >= 0.6 is 0 Å². The number of allylic oxidation sites excluding steroid dienone is 1. The van der Waals surface area contributed by atoms with Crippen molar-refractivity contribution in [1.82, 2.24) is 0 Å². The van der Waals surface area contributed by atoms with E-state index in [2.05, 4.69) is 41.2 Å². The van der Waals surface area contributed by atoms with Gasteiger partial charge in [0, 0.05) is 0 Å². The quantitative estimate of drug-likeness (QED) is 0.448. The van der Waals surface area contributed by atoms with Crippen LogP contribution in [-0.4, -0.2) is 0 Å². The van der Waals surface area contributed by atoms with E-state index in [0.717, 1.165) is 5.92 Å². The molecule has 1 fully saturated rings. The number of hydrogen-bond acceptors (Lipinski definition) is 0. The molecule has 0 aromatic carbocycles. The van der Waals surface area contributed by atoms with Crippen LogP contribution in [0.3, 0.4) is 0 Å². The summed E-state index contributed by atoms with van der Waals surface area (Å²) in [4.78, 5) is 0. The summed E-state index contributed by atoms with van der Waals surface area (Å²) in [6, 6.07) is 0. The molecule has 19 heavy (non-hydrogen) atoms. The van der Waals surface area contributed by atoms with E-state index in [4.69, 9.17) is 0 Å². The first-order chi connectivity index (χ1) is 9.02. The highest BCUT2D eigenvalue weighted by atomic mass is 14.3. The lowest BCUT2D eigenvalue weighted by molar-refractivity contribution is 0.231. The lowest BCUT2D eigenvalue weighted by Gasteiger charge is -2.37. The third-order valence-electron chi connectivity index (χ3n) is 4.96. The molecule has 0 bridgehead atoms. The van der Waals surface area contributed by atoms with Crippen LogP contribution in [-0.2, 0) is 0 Å². The monoisotopic (exact) mass is 266 g/mol. The van der Waals surface area contributed by atoms with Crippen molar-refractivity contribution in [2.45, 2.75) is 98.8 Å². The Morgan fingerprint density at radius 3 is 1.74 bits per heavy atom. The van der Waals surface area contributed by atoms with Gasteiger partial charge in [0.25, 0.3) is 0 Å². The molecular formula is C19H38. The van der Waals surface area contributed by atoms with Gasteiger partial charge in [-0.25, -0.2) is 0 Å². The first-order valence-electron chi connectivity index (χ1n) is 8.68. The largest absolute Gasteiger partial charge is 0.0996 e. The Hall–Kier alpha value is -0.260. The van der Waals surface area contributed by atoms with E-state index in [-0.39, 0.29) is 0 Å². The third-order valence-corrected chi connectivity index (χ3v) is 4.96. The fraction of sp³-hybridized carbons (Fsp3) is 0.895. The van der Waals surface area contributed by atoms with E-state index in [9.17, 15) is 0 Å². The highest BCUT2D eigenvalue weighted by Gasteiger charge is 2.30. The minimum atomic E-state index is 0.526. The van der Waals surface area contributed by atoms with Crippen LogP contribution in [0.1, 0.15) is 98.8 Å². The lowest BCUT2D eigenvalue weighted by Crippen LogP contribution is -2.23. The Balaban J connectivity index is 0.000000362. The fourth-order valence-corrected chi connectivity index (χ4v) is 3.44. The molecule has 1 rings (SSSR count). The summed E-state index contributed by atoms with van der Waals surface area (Å²) in [5.41, 5.74) is 1.94. The van der Waals surface area contributed by atoms with Crippen molar-refractivity contribution in [2.24, 2.45) is 11.3 Å². The van der Waals surface area contributed by atoms with Crippen molar-refractivity contribution in [1.29, 1.82) is 0 Å². The maximum Gasteiger partial charge on any atom is -0.00961 e. The Kier molecular flexibility index (Phi) is 10.4. The molecule has 0 N–H and O–H groups in total. The van der Waals surface area contributed by atoms with E-state index in [1.807, 2.05) is 0 Å². The SMILES string of the molecule is C=C(C)C1(CC)CCCCC1.CCCC(C)CCC. The van der Waals surface area contributed by atoms with Crippen LogP contribution in [0.15, 0.2) is 12.2 Å². The molecule has 0 heteroatoms. The molecule has 0 amide bonds. The summed E-state index contributed by atoms with van der Waals surface area (Å²) in [6.45, 7) is 15.5. The second-order valence-electron chi connectivity index (χ2n) is 6.66. The lowest BCUT2D eigenvalue weighted by atomic mass is 9.68. The van der Waals surface area contributed by atoms with Gasteiger partial charge in [-0.1, -0.05) is 84.8 Å². The van der Waals surface area contributed by atoms with E-state index >= 15 is 0 Å². The average molecular weight is 267 g/mol. The molecule has 0 unspecified atom stereocenters. The maximum absolute atomic E-state index is 4.12. The molecule has 0 saturated heterocycles.